The fourth-order valence-electron chi connectivity index (χ4n) is 1.37. The molecule has 0 bridgehead atoms. The normalized spacial score (nSPS) is 10.5. The van der Waals surface area contributed by atoms with Gasteiger partial charge in [-0.25, -0.2) is 14.4 Å². The van der Waals surface area contributed by atoms with Crippen LogP contribution in [0.3, 0.4) is 0 Å². The summed E-state index contributed by atoms with van der Waals surface area (Å²) < 4.78 is 13.7. The van der Waals surface area contributed by atoms with E-state index in [1.807, 2.05) is 0 Å². The standard InChI is InChI=1S/C10H7Cl2FN4/c11-4-3-16-10(12)17-9(4)7-5(13)1-2-6(14)8(7)15/h1-3H,14-15H2. The molecule has 0 atom stereocenters. The summed E-state index contributed by atoms with van der Waals surface area (Å²) >= 11 is 11.5. The second-order valence-corrected chi connectivity index (χ2v) is 4.01. The second kappa shape index (κ2) is 4.35. The van der Waals surface area contributed by atoms with Gasteiger partial charge in [-0.3, -0.25) is 0 Å². The summed E-state index contributed by atoms with van der Waals surface area (Å²) in [6.07, 6.45) is 1.27. The van der Waals surface area contributed by atoms with Gasteiger partial charge in [0.25, 0.3) is 0 Å². The Kier molecular flexibility index (Phi) is 3.04. The molecule has 1 aromatic carbocycles. The van der Waals surface area contributed by atoms with E-state index in [-0.39, 0.29) is 32.9 Å². The largest absolute Gasteiger partial charge is 0.397 e. The summed E-state index contributed by atoms with van der Waals surface area (Å²) in [5.74, 6) is -0.576. The number of aromatic nitrogens is 2. The minimum atomic E-state index is -0.576. The molecule has 0 fully saturated rings. The van der Waals surface area contributed by atoms with Crippen molar-refractivity contribution >= 4 is 34.6 Å². The Bertz CT molecular complexity index is 589. The lowest BCUT2D eigenvalue weighted by Gasteiger charge is -2.10. The molecule has 88 valence electrons. The Balaban J connectivity index is 2.76. The van der Waals surface area contributed by atoms with Gasteiger partial charge < -0.3 is 11.5 Å². The quantitative estimate of drug-likeness (QED) is 0.618. The molecule has 0 saturated carbocycles. The average Bonchev–Trinajstić information content (AvgIpc) is 2.29. The average molecular weight is 273 g/mol. The Morgan fingerprint density at radius 3 is 2.59 bits per heavy atom. The third kappa shape index (κ3) is 2.11. The molecule has 0 spiro atoms. The van der Waals surface area contributed by atoms with Gasteiger partial charge in [-0.1, -0.05) is 11.6 Å². The van der Waals surface area contributed by atoms with Crippen LogP contribution in [0, 0.1) is 5.82 Å². The predicted molar refractivity (Wildman–Crippen MR) is 66.3 cm³/mol. The molecule has 1 heterocycles. The highest BCUT2D eigenvalue weighted by atomic mass is 35.5. The van der Waals surface area contributed by atoms with Gasteiger partial charge in [0.1, 0.15) is 5.82 Å². The molecule has 0 saturated heterocycles. The van der Waals surface area contributed by atoms with Gasteiger partial charge in [-0.05, 0) is 23.7 Å². The van der Waals surface area contributed by atoms with E-state index in [0.717, 1.165) is 0 Å². The van der Waals surface area contributed by atoms with E-state index in [2.05, 4.69) is 9.97 Å². The Morgan fingerprint density at radius 1 is 1.18 bits per heavy atom. The molecule has 17 heavy (non-hydrogen) atoms. The van der Waals surface area contributed by atoms with Crippen molar-refractivity contribution in [1.82, 2.24) is 9.97 Å². The van der Waals surface area contributed by atoms with Gasteiger partial charge in [0.05, 0.1) is 33.9 Å². The number of rotatable bonds is 1. The summed E-state index contributed by atoms with van der Waals surface area (Å²) in [5, 5.41) is 0.0937. The maximum absolute atomic E-state index is 13.7. The maximum atomic E-state index is 13.7. The van der Waals surface area contributed by atoms with Crippen molar-refractivity contribution in [3.05, 3.63) is 34.5 Å². The van der Waals surface area contributed by atoms with E-state index < -0.39 is 5.82 Å². The fourth-order valence-corrected chi connectivity index (χ4v) is 1.69. The Hall–Kier alpha value is -1.59. The highest BCUT2D eigenvalue weighted by Crippen LogP contribution is 2.35. The molecule has 0 unspecified atom stereocenters. The minimum Gasteiger partial charge on any atom is -0.397 e. The Labute approximate surface area is 106 Å². The van der Waals surface area contributed by atoms with Crippen molar-refractivity contribution < 1.29 is 4.39 Å². The van der Waals surface area contributed by atoms with Crippen LogP contribution in [-0.2, 0) is 0 Å². The van der Waals surface area contributed by atoms with Crippen molar-refractivity contribution in [3.63, 3.8) is 0 Å². The van der Waals surface area contributed by atoms with Gasteiger partial charge in [0.2, 0.25) is 5.28 Å². The lowest BCUT2D eigenvalue weighted by molar-refractivity contribution is 0.631. The van der Waals surface area contributed by atoms with E-state index in [1.165, 1.54) is 18.3 Å². The van der Waals surface area contributed by atoms with E-state index in [4.69, 9.17) is 34.7 Å². The van der Waals surface area contributed by atoms with Crippen molar-refractivity contribution in [2.75, 3.05) is 11.5 Å². The van der Waals surface area contributed by atoms with E-state index >= 15 is 0 Å². The zero-order chi connectivity index (χ0) is 12.6. The Morgan fingerprint density at radius 2 is 1.88 bits per heavy atom. The molecule has 7 heteroatoms. The van der Waals surface area contributed by atoms with Crippen molar-refractivity contribution in [3.8, 4) is 11.3 Å². The van der Waals surface area contributed by atoms with Crippen LogP contribution in [0.4, 0.5) is 15.8 Å². The molecule has 4 N–H and O–H groups in total. The minimum absolute atomic E-state index is 0.0271. The number of nitrogen functional groups attached to an aromatic ring is 2. The van der Waals surface area contributed by atoms with Crippen LogP contribution in [-0.4, -0.2) is 9.97 Å². The van der Waals surface area contributed by atoms with Crippen LogP contribution in [0.5, 0.6) is 0 Å². The molecule has 2 aromatic rings. The van der Waals surface area contributed by atoms with Gasteiger partial charge in [0.15, 0.2) is 0 Å². The number of nitrogens with zero attached hydrogens (tertiary/aromatic N) is 2. The van der Waals surface area contributed by atoms with Crippen molar-refractivity contribution in [2.24, 2.45) is 0 Å². The highest BCUT2D eigenvalue weighted by molar-refractivity contribution is 6.34. The number of anilines is 2. The molecule has 0 radical (unpaired) electrons. The van der Waals surface area contributed by atoms with Crippen LogP contribution >= 0.6 is 23.2 Å². The van der Waals surface area contributed by atoms with Gasteiger partial charge >= 0.3 is 0 Å². The molecule has 0 amide bonds. The molecule has 1 aromatic heterocycles. The first-order chi connectivity index (χ1) is 8.00. The third-order valence-electron chi connectivity index (χ3n) is 2.18. The van der Waals surface area contributed by atoms with Crippen LogP contribution in [0.1, 0.15) is 0 Å². The van der Waals surface area contributed by atoms with Crippen LogP contribution in [0.15, 0.2) is 18.3 Å². The van der Waals surface area contributed by atoms with Crippen LogP contribution in [0.2, 0.25) is 10.3 Å². The first-order valence-corrected chi connectivity index (χ1v) is 5.28. The van der Waals surface area contributed by atoms with E-state index in [1.54, 1.807) is 0 Å². The summed E-state index contributed by atoms with van der Waals surface area (Å²) in [6.45, 7) is 0. The first kappa shape index (κ1) is 11.9. The molecule has 0 aliphatic heterocycles. The van der Waals surface area contributed by atoms with Crippen molar-refractivity contribution in [2.45, 2.75) is 0 Å². The molecule has 2 rings (SSSR count). The summed E-state index contributed by atoms with van der Waals surface area (Å²) in [7, 11) is 0. The van der Waals surface area contributed by atoms with Crippen LogP contribution in [0.25, 0.3) is 11.3 Å². The summed E-state index contributed by atoms with van der Waals surface area (Å²) in [6, 6.07) is 2.55. The number of nitrogens with two attached hydrogens (primary N) is 2. The third-order valence-corrected chi connectivity index (χ3v) is 2.64. The van der Waals surface area contributed by atoms with Gasteiger partial charge in [-0.2, -0.15) is 0 Å². The van der Waals surface area contributed by atoms with Gasteiger partial charge in [-0.15, -0.1) is 0 Å². The van der Waals surface area contributed by atoms with Crippen LogP contribution < -0.4 is 11.5 Å². The van der Waals surface area contributed by atoms with Crippen molar-refractivity contribution in [1.29, 1.82) is 0 Å². The number of halogens is 3. The number of hydrogen-bond acceptors (Lipinski definition) is 4. The lowest BCUT2D eigenvalue weighted by atomic mass is 10.1. The van der Waals surface area contributed by atoms with E-state index in [0.29, 0.717) is 0 Å². The number of hydrogen-bond donors (Lipinski definition) is 2. The van der Waals surface area contributed by atoms with E-state index in [9.17, 15) is 4.39 Å². The lowest BCUT2D eigenvalue weighted by Crippen LogP contribution is -2.01. The molecule has 0 aliphatic carbocycles. The zero-order valence-corrected chi connectivity index (χ0v) is 9.93. The predicted octanol–water partition coefficient (Wildman–Crippen LogP) is 2.75. The molecular weight excluding hydrogens is 266 g/mol. The summed E-state index contributed by atoms with van der Waals surface area (Å²) in [4.78, 5) is 7.53. The smallest absolute Gasteiger partial charge is 0.222 e. The second-order valence-electron chi connectivity index (χ2n) is 3.26. The first-order valence-electron chi connectivity index (χ1n) is 4.52. The SMILES string of the molecule is Nc1ccc(F)c(-c2nc(Cl)ncc2Cl)c1N. The maximum Gasteiger partial charge on any atom is 0.222 e. The van der Waals surface area contributed by atoms with Gasteiger partial charge in [0, 0.05) is 0 Å². The monoisotopic (exact) mass is 272 g/mol. The number of benzene rings is 1. The molecule has 4 nitrogen and oxygen atoms in total. The fraction of sp³-hybridized carbons (Fsp3) is 0. The topological polar surface area (TPSA) is 77.8 Å². The highest BCUT2D eigenvalue weighted by Gasteiger charge is 2.16. The molecular formula is C10H7Cl2FN4. The summed E-state index contributed by atoms with van der Waals surface area (Å²) in [5.41, 5.74) is 11.8. The molecule has 0 aliphatic rings. The zero-order valence-electron chi connectivity index (χ0n) is 8.42.